The van der Waals surface area contributed by atoms with Gasteiger partial charge in [0, 0.05) is 19.6 Å². The lowest BCUT2D eigenvalue weighted by atomic mass is 10.00. The van der Waals surface area contributed by atoms with Gasteiger partial charge in [-0.1, -0.05) is 13.8 Å². The Morgan fingerprint density at radius 1 is 1.21 bits per heavy atom. The van der Waals surface area contributed by atoms with E-state index in [1.807, 2.05) is 13.8 Å². The molecule has 0 aromatic heterocycles. The number of esters is 1. The summed E-state index contributed by atoms with van der Waals surface area (Å²) in [7, 11) is -2.22. The van der Waals surface area contributed by atoms with Gasteiger partial charge in [-0.05, 0) is 49.9 Å². The lowest BCUT2D eigenvalue weighted by Gasteiger charge is -2.31. The van der Waals surface area contributed by atoms with Crippen LogP contribution in [0.3, 0.4) is 0 Å². The predicted molar refractivity (Wildman–Crippen MR) is 108 cm³/mol. The van der Waals surface area contributed by atoms with Gasteiger partial charge in [0.2, 0.25) is 10.0 Å². The molecule has 1 aromatic carbocycles. The van der Waals surface area contributed by atoms with Gasteiger partial charge >= 0.3 is 5.97 Å². The third kappa shape index (κ3) is 6.17. The number of nitrogens with one attached hydrogen (secondary N) is 1. The van der Waals surface area contributed by atoms with E-state index in [2.05, 4.69) is 5.32 Å². The highest BCUT2D eigenvalue weighted by atomic mass is 32.2. The molecule has 1 fully saturated rings. The Bertz CT molecular complexity index is 807. The van der Waals surface area contributed by atoms with E-state index in [9.17, 15) is 18.0 Å². The lowest BCUT2D eigenvalue weighted by molar-refractivity contribution is -0.159. The highest BCUT2D eigenvalue weighted by Gasteiger charge is 2.35. The topological polar surface area (TPSA) is 102 Å². The van der Waals surface area contributed by atoms with Crippen molar-refractivity contribution in [1.29, 1.82) is 0 Å². The number of piperidine rings is 1. The monoisotopic (exact) mass is 426 g/mol. The molecule has 9 heteroatoms. The molecule has 8 nitrogen and oxygen atoms in total. The van der Waals surface area contributed by atoms with Gasteiger partial charge in [0.25, 0.3) is 5.91 Å². The average molecular weight is 427 g/mol. The summed E-state index contributed by atoms with van der Waals surface area (Å²) in [6.45, 7) is 6.32. The SMILES string of the molecule is COc1ccc(S(=O)(=O)N2CCCC(C(=O)OC(C)C(=O)NCC(C)C)C2)cc1. The lowest BCUT2D eigenvalue weighted by Crippen LogP contribution is -2.44. The van der Waals surface area contributed by atoms with Crippen LogP contribution >= 0.6 is 0 Å². The van der Waals surface area contributed by atoms with Crippen LogP contribution in [0.4, 0.5) is 0 Å². The van der Waals surface area contributed by atoms with Crippen LogP contribution in [0, 0.1) is 11.8 Å². The van der Waals surface area contributed by atoms with Gasteiger partial charge in [-0.15, -0.1) is 0 Å². The van der Waals surface area contributed by atoms with Crippen molar-refractivity contribution in [2.24, 2.45) is 11.8 Å². The molecule has 162 valence electrons. The van der Waals surface area contributed by atoms with Crippen LogP contribution in [0.1, 0.15) is 33.6 Å². The Labute approximate surface area is 172 Å². The Kier molecular flexibility index (Phi) is 8.04. The average Bonchev–Trinajstić information content (AvgIpc) is 2.71. The van der Waals surface area contributed by atoms with Gasteiger partial charge in [0.05, 0.1) is 17.9 Å². The third-order valence-corrected chi connectivity index (χ3v) is 6.64. The van der Waals surface area contributed by atoms with Crippen molar-refractivity contribution < 1.29 is 27.5 Å². The van der Waals surface area contributed by atoms with Crippen LogP contribution in [0.5, 0.6) is 5.75 Å². The fourth-order valence-corrected chi connectivity index (χ4v) is 4.55. The zero-order chi connectivity index (χ0) is 21.6. The highest BCUT2D eigenvalue weighted by Crippen LogP contribution is 2.26. The molecule has 0 aliphatic carbocycles. The van der Waals surface area contributed by atoms with Crippen molar-refractivity contribution >= 4 is 21.9 Å². The summed E-state index contributed by atoms with van der Waals surface area (Å²) < 4.78 is 37.5. The first-order valence-corrected chi connectivity index (χ1v) is 11.2. The van der Waals surface area contributed by atoms with E-state index < -0.39 is 28.0 Å². The maximum absolute atomic E-state index is 12.9. The number of carbonyl (C=O) groups excluding carboxylic acids is 2. The Hall–Kier alpha value is -2.13. The molecule has 0 spiro atoms. The number of methoxy groups -OCH3 is 1. The Morgan fingerprint density at radius 2 is 1.86 bits per heavy atom. The molecule has 0 bridgehead atoms. The number of nitrogens with zero attached hydrogens (tertiary/aromatic N) is 1. The summed E-state index contributed by atoms with van der Waals surface area (Å²) in [5.41, 5.74) is 0. The molecule has 2 atom stereocenters. The smallest absolute Gasteiger partial charge is 0.311 e. The van der Waals surface area contributed by atoms with Crippen molar-refractivity contribution in [3.8, 4) is 5.75 Å². The van der Waals surface area contributed by atoms with E-state index >= 15 is 0 Å². The number of sulfonamides is 1. The number of hydrogen-bond acceptors (Lipinski definition) is 6. The Morgan fingerprint density at radius 3 is 2.45 bits per heavy atom. The van der Waals surface area contributed by atoms with E-state index in [0.29, 0.717) is 31.7 Å². The second kappa shape index (κ2) is 10.1. The van der Waals surface area contributed by atoms with E-state index in [1.165, 1.54) is 30.5 Å². The summed E-state index contributed by atoms with van der Waals surface area (Å²) in [5.74, 6) is -0.653. The summed E-state index contributed by atoms with van der Waals surface area (Å²) in [6, 6.07) is 6.13. The second-order valence-corrected chi connectivity index (χ2v) is 9.53. The van der Waals surface area contributed by atoms with Crippen molar-refractivity contribution in [1.82, 2.24) is 9.62 Å². The molecule has 2 unspecified atom stereocenters. The molecule has 29 heavy (non-hydrogen) atoms. The quantitative estimate of drug-likeness (QED) is 0.636. The van der Waals surface area contributed by atoms with Crippen molar-refractivity contribution in [2.45, 2.75) is 44.6 Å². The number of rotatable bonds is 8. The van der Waals surface area contributed by atoms with Crippen LogP contribution in [0.15, 0.2) is 29.2 Å². The first kappa shape index (κ1) is 23.2. The molecule has 2 rings (SSSR count). The molecule has 1 amide bonds. The number of carbonyl (C=O) groups is 2. The molecule has 0 saturated carbocycles. The van der Waals surface area contributed by atoms with E-state index in [-0.39, 0.29) is 23.3 Å². The fourth-order valence-electron chi connectivity index (χ4n) is 3.02. The van der Waals surface area contributed by atoms with Gasteiger partial charge in [0.15, 0.2) is 6.10 Å². The standard InChI is InChI=1S/C20H30N2O6S/c1-14(2)12-21-19(23)15(3)28-20(24)16-6-5-11-22(13-16)29(25,26)18-9-7-17(27-4)8-10-18/h7-10,14-16H,5-6,11-13H2,1-4H3,(H,21,23). The van der Waals surface area contributed by atoms with Crippen LogP contribution in [-0.2, 0) is 24.3 Å². The van der Waals surface area contributed by atoms with Crippen LogP contribution in [0.2, 0.25) is 0 Å². The third-order valence-electron chi connectivity index (χ3n) is 4.76. The summed E-state index contributed by atoms with van der Waals surface area (Å²) in [5, 5.41) is 2.72. The molecule has 1 aliphatic heterocycles. The van der Waals surface area contributed by atoms with Gasteiger partial charge < -0.3 is 14.8 Å². The number of hydrogen-bond donors (Lipinski definition) is 1. The van der Waals surface area contributed by atoms with E-state index in [4.69, 9.17) is 9.47 Å². The molecule has 0 radical (unpaired) electrons. The molecule has 1 aliphatic rings. The minimum atomic E-state index is -3.73. The minimum Gasteiger partial charge on any atom is -0.497 e. The van der Waals surface area contributed by atoms with Gasteiger partial charge in [0.1, 0.15) is 5.75 Å². The maximum atomic E-state index is 12.9. The molecular weight excluding hydrogens is 396 g/mol. The number of benzene rings is 1. The first-order chi connectivity index (χ1) is 13.6. The van der Waals surface area contributed by atoms with Gasteiger partial charge in [-0.2, -0.15) is 4.31 Å². The molecule has 1 N–H and O–H groups in total. The summed E-state index contributed by atoms with van der Waals surface area (Å²) >= 11 is 0. The normalized spacial score (nSPS) is 18.9. The van der Waals surface area contributed by atoms with Crippen LogP contribution in [-0.4, -0.2) is 57.4 Å². The second-order valence-electron chi connectivity index (χ2n) is 7.60. The van der Waals surface area contributed by atoms with Crippen molar-refractivity contribution in [2.75, 3.05) is 26.7 Å². The molecular formula is C20H30N2O6S. The zero-order valence-corrected chi connectivity index (χ0v) is 18.2. The summed E-state index contributed by atoms with van der Waals surface area (Å²) in [6.07, 6.45) is 0.145. The molecule has 1 heterocycles. The summed E-state index contributed by atoms with van der Waals surface area (Å²) in [4.78, 5) is 24.7. The van der Waals surface area contributed by atoms with Gasteiger partial charge in [-0.25, -0.2) is 8.42 Å². The Balaban J connectivity index is 2.00. The van der Waals surface area contributed by atoms with E-state index in [0.717, 1.165) is 0 Å². The van der Waals surface area contributed by atoms with Crippen molar-refractivity contribution in [3.05, 3.63) is 24.3 Å². The van der Waals surface area contributed by atoms with Gasteiger partial charge in [-0.3, -0.25) is 9.59 Å². The highest BCUT2D eigenvalue weighted by molar-refractivity contribution is 7.89. The van der Waals surface area contributed by atoms with Crippen LogP contribution in [0.25, 0.3) is 0 Å². The molecule has 1 aromatic rings. The van der Waals surface area contributed by atoms with E-state index in [1.54, 1.807) is 12.1 Å². The maximum Gasteiger partial charge on any atom is 0.311 e. The number of ether oxygens (including phenoxy) is 2. The van der Waals surface area contributed by atoms with Crippen molar-refractivity contribution in [3.63, 3.8) is 0 Å². The fraction of sp³-hybridized carbons (Fsp3) is 0.600. The zero-order valence-electron chi connectivity index (χ0n) is 17.4. The predicted octanol–water partition coefficient (Wildman–Crippen LogP) is 1.80. The number of amides is 1. The first-order valence-electron chi connectivity index (χ1n) is 9.77. The van der Waals surface area contributed by atoms with Crippen LogP contribution < -0.4 is 10.1 Å². The molecule has 1 saturated heterocycles. The minimum absolute atomic E-state index is 0.0352. The largest absolute Gasteiger partial charge is 0.497 e.